The largest absolute Gasteiger partial charge is 0.495 e. The summed E-state index contributed by atoms with van der Waals surface area (Å²) in [6.07, 6.45) is 3.71. The van der Waals surface area contributed by atoms with E-state index in [4.69, 9.17) is 10.5 Å². The van der Waals surface area contributed by atoms with Gasteiger partial charge in [0, 0.05) is 0 Å². The monoisotopic (exact) mass is 337 g/mol. The molecule has 1 atom stereocenters. The second-order valence-corrected chi connectivity index (χ2v) is 5.50. The standard InChI is InChI=1S/C17H27N3O4/c1-24-15-9-5-4-8-13(15)20-16(21)12-14(17(22)23)19-11-7-3-2-6-10-18/h4-5,8-9,14,19H,2-3,6-7,10-12,18H2,1H3,(H,20,21)(H,22,23)/t14-/m0/s1. The van der Waals surface area contributed by atoms with Gasteiger partial charge in [-0.3, -0.25) is 9.59 Å². The number of rotatable bonds is 12. The van der Waals surface area contributed by atoms with Crippen LogP contribution in [0.3, 0.4) is 0 Å². The minimum absolute atomic E-state index is 0.143. The Morgan fingerprint density at radius 3 is 2.58 bits per heavy atom. The lowest BCUT2D eigenvalue weighted by Gasteiger charge is -2.15. The second-order valence-electron chi connectivity index (χ2n) is 5.50. The average molecular weight is 337 g/mol. The van der Waals surface area contributed by atoms with E-state index in [9.17, 15) is 14.7 Å². The number of hydrogen-bond acceptors (Lipinski definition) is 5. The number of nitrogens with two attached hydrogens (primary N) is 1. The number of para-hydroxylation sites is 2. The van der Waals surface area contributed by atoms with Crippen LogP contribution in [0.4, 0.5) is 5.69 Å². The van der Waals surface area contributed by atoms with Gasteiger partial charge in [0.15, 0.2) is 0 Å². The first-order valence-corrected chi connectivity index (χ1v) is 8.17. The van der Waals surface area contributed by atoms with Crippen LogP contribution in [0, 0.1) is 0 Å². The summed E-state index contributed by atoms with van der Waals surface area (Å²) in [5.74, 6) is -0.875. The number of nitrogens with one attached hydrogen (secondary N) is 2. The number of hydrogen-bond donors (Lipinski definition) is 4. The number of benzene rings is 1. The molecule has 7 nitrogen and oxygen atoms in total. The summed E-state index contributed by atoms with van der Waals surface area (Å²) in [5.41, 5.74) is 5.95. The quantitative estimate of drug-likeness (QED) is 0.431. The molecule has 0 bridgehead atoms. The van der Waals surface area contributed by atoms with Crippen molar-refractivity contribution in [1.29, 1.82) is 0 Å². The number of anilines is 1. The molecular formula is C17H27N3O4. The normalized spacial score (nSPS) is 11.8. The smallest absolute Gasteiger partial charge is 0.321 e. The molecule has 5 N–H and O–H groups in total. The van der Waals surface area contributed by atoms with Crippen LogP contribution in [0.25, 0.3) is 0 Å². The number of methoxy groups -OCH3 is 1. The predicted molar refractivity (Wildman–Crippen MR) is 93.2 cm³/mol. The van der Waals surface area contributed by atoms with Gasteiger partial charge in [-0.15, -0.1) is 0 Å². The lowest BCUT2D eigenvalue weighted by molar-refractivity contribution is -0.141. The van der Waals surface area contributed by atoms with Gasteiger partial charge in [0.1, 0.15) is 11.8 Å². The summed E-state index contributed by atoms with van der Waals surface area (Å²) >= 11 is 0. The van der Waals surface area contributed by atoms with Crippen LogP contribution in [0.15, 0.2) is 24.3 Å². The van der Waals surface area contributed by atoms with Crippen molar-refractivity contribution in [2.24, 2.45) is 5.73 Å². The topological polar surface area (TPSA) is 114 Å². The number of carboxylic acids is 1. The van der Waals surface area contributed by atoms with E-state index in [2.05, 4.69) is 10.6 Å². The van der Waals surface area contributed by atoms with Crippen molar-refractivity contribution in [3.63, 3.8) is 0 Å². The van der Waals surface area contributed by atoms with Crippen LogP contribution < -0.4 is 21.1 Å². The second kappa shape index (κ2) is 11.4. The third-order valence-electron chi connectivity index (χ3n) is 3.59. The van der Waals surface area contributed by atoms with Crippen molar-refractivity contribution in [1.82, 2.24) is 5.32 Å². The van der Waals surface area contributed by atoms with Crippen molar-refractivity contribution in [3.8, 4) is 5.75 Å². The highest BCUT2D eigenvalue weighted by Crippen LogP contribution is 2.23. The molecule has 1 aromatic carbocycles. The highest BCUT2D eigenvalue weighted by molar-refractivity contribution is 5.95. The molecule has 0 unspecified atom stereocenters. The molecule has 7 heteroatoms. The molecule has 1 amide bonds. The minimum Gasteiger partial charge on any atom is -0.495 e. The van der Waals surface area contributed by atoms with Crippen molar-refractivity contribution in [2.45, 2.75) is 38.1 Å². The Bertz CT molecular complexity index is 522. The average Bonchev–Trinajstić information content (AvgIpc) is 2.57. The number of carbonyl (C=O) groups excluding carboxylic acids is 1. The van der Waals surface area contributed by atoms with E-state index in [1.165, 1.54) is 7.11 Å². The van der Waals surface area contributed by atoms with Gasteiger partial charge in [-0.1, -0.05) is 25.0 Å². The van der Waals surface area contributed by atoms with Gasteiger partial charge in [0.25, 0.3) is 0 Å². The highest BCUT2D eigenvalue weighted by atomic mass is 16.5. The van der Waals surface area contributed by atoms with Gasteiger partial charge in [0.05, 0.1) is 19.2 Å². The van der Waals surface area contributed by atoms with Crippen LogP contribution in [-0.2, 0) is 9.59 Å². The summed E-state index contributed by atoms with van der Waals surface area (Å²) in [4.78, 5) is 23.4. The van der Waals surface area contributed by atoms with Gasteiger partial charge in [-0.05, 0) is 38.1 Å². The van der Waals surface area contributed by atoms with Crippen molar-refractivity contribution in [3.05, 3.63) is 24.3 Å². The molecule has 0 aliphatic rings. The molecule has 1 rings (SSSR count). The maximum atomic E-state index is 12.1. The van der Waals surface area contributed by atoms with E-state index in [1.54, 1.807) is 24.3 Å². The summed E-state index contributed by atoms with van der Waals surface area (Å²) in [6, 6.07) is 6.09. The lowest BCUT2D eigenvalue weighted by Crippen LogP contribution is -2.40. The van der Waals surface area contributed by atoms with Crippen LogP contribution in [0.1, 0.15) is 32.1 Å². The zero-order chi connectivity index (χ0) is 17.8. The van der Waals surface area contributed by atoms with Gasteiger partial charge in [-0.2, -0.15) is 0 Å². The summed E-state index contributed by atoms with van der Waals surface area (Å²) in [5, 5.41) is 14.8. The lowest BCUT2D eigenvalue weighted by atomic mass is 10.1. The zero-order valence-electron chi connectivity index (χ0n) is 14.1. The number of carboxylic acid groups (broad SMARTS) is 1. The third-order valence-corrected chi connectivity index (χ3v) is 3.59. The van der Waals surface area contributed by atoms with Crippen LogP contribution in [0.5, 0.6) is 5.75 Å². The predicted octanol–water partition coefficient (Wildman–Crippen LogP) is 1.59. The Morgan fingerprint density at radius 2 is 1.92 bits per heavy atom. The molecule has 0 aliphatic heterocycles. The number of aliphatic carboxylic acids is 1. The first-order chi connectivity index (χ1) is 11.6. The van der Waals surface area contributed by atoms with E-state index >= 15 is 0 Å². The Balaban J connectivity index is 2.43. The molecule has 24 heavy (non-hydrogen) atoms. The molecule has 0 heterocycles. The molecule has 0 fully saturated rings. The first kappa shape index (κ1) is 19.9. The van der Waals surface area contributed by atoms with E-state index in [0.717, 1.165) is 25.7 Å². The van der Waals surface area contributed by atoms with Crippen LogP contribution >= 0.6 is 0 Å². The fourth-order valence-electron chi connectivity index (χ4n) is 2.28. The molecule has 0 aromatic heterocycles. The van der Waals surface area contributed by atoms with Crippen LogP contribution in [0.2, 0.25) is 0 Å². The Morgan fingerprint density at radius 1 is 1.21 bits per heavy atom. The zero-order valence-corrected chi connectivity index (χ0v) is 14.1. The Labute approximate surface area is 142 Å². The number of amides is 1. The Kier molecular flexibility index (Phi) is 9.48. The Hall–Kier alpha value is -2.12. The van der Waals surface area contributed by atoms with E-state index in [-0.39, 0.29) is 12.3 Å². The van der Waals surface area contributed by atoms with Gasteiger partial charge < -0.3 is 26.2 Å². The fraction of sp³-hybridized carbons (Fsp3) is 0.529. The van der Waals surface area contributed by atoms with Gasteiger partial charge >= 0.3 is 5.97 Å². The molecule has 0 radical (unpaired) electrons. The molecular weight excluding hydrogens is 310 g/mol. The van der Waals surface area contributed by atoms with Crippen molar-refractivity contribution in [2.75, 3.05) is 25.5 Å². The number of unbranched alkanes of at least 4 members (excludes halogenated alkanes) is 3. The molecule has 0 saturated heterocycles. The first-order valence-electron chi connectivity index (χ1n) is 8.17. The minimum atomic E-state index is -1.04. The van der Waals surface area contributed by atoms with E-state index in [1.807, 2.05) is 0 Å². The highest BCUT2D eigenvalue weighted by Gasteiger charge is 2.21. The molecule has 134 valence electrons. The third kappa shape index (κ3) is 7.43. The number of carbonyl (C=O) groups is 2. The molecule has 1 aromatic rings. The van der Waals surface area contributed by atoms with Gasteiger partial charge in [-0.25, -0.2) is 0 Å². The molecule has 0 aliphatic carbocycles. The molecule has 0 spiro atoms. The van der Waals surface area contributed by atoms with Crippen molar-refractivity contribution >= 4 is 17.6 Å². The van der Waals surface area contributed by atoms with E-state index in [0.29, 0.717) is 24.5 Å². The van der Waals surface area contributed by atoms with Crippen molar-refractivity contribution < 1.29 is 19.4 Å². The number of ether oxygens (including phenoxy) is 1. The van der Waals surface area contributed by atoms with Gasteiger partial charge in [0.2, 0.25) is 5.91 Å². The summed E-state index contributed by atoms with van der Waals surface area (Å²) < 4.78 is 5.15. The summed E-state index contributed by atoms with van der Waals surface area (Å²) in [7, 11) is 1.51. The SMILES string of the molecule is COc1ccccc1NC(=O)C[C@H](NCCCCCCN)C(=O)O. The van der Waals surface area contributed by atoms with E-state index < -0.39 is 12.0 Å². The summed E-state index contributed by atoms with van der Waals surface area (Å²) in [6.45, 7) is 1.23. The molecule has 0 saturated carbocycles. The maximum absolute atomic E-state index is 12.1. The maximum Gasteiger partial charge on any atom is 0.321 e. The fourth-order valence-corrected chi connectivity index (χ4v) is 2.28. The van der Waals surface area contributed by atoms with Crippen LogP contribution in [-0.4, -0.2) is 43.2 Å².